The summed E-state index contributed by atoms with van der Waals surface area (Å²) in [5.74, 6) is -0.162. The van der Waals surface area contributed by atoms with Crippen LogP contribution in [0.25, 0.3) is 16.9 Å². The Bertz CT molecular complexity index is 876. The molecular weight excluding hydrogens is 304 g/mol. The van der Waals surface area contributed by atoms with Gasteiger partial charge in [0.15, 0.2) is 5.78 Å². The third-order valence-electron chi connectivity index (χ3n) is 4.00. The van der Waals surface area contributed by atoms with E-state index in [9.17, 15) is 9.59 Å². The highest BCUT2D eigenvalue weighted by molar-refractivity contribution is 6.50. The Kier molecular flexibility index (Phi) is 4.04. The van der Waals surface area contributed by atoms with E-state index in [2.05, 4.69) is 6.58 Å². The molecule has 0 fully saturated rings. The number of rotatable bonds is 3. The number of allylic oxidation sites excluding steroid dienone is 2. The van der Waals surface area contributed by atoms with E-state index in [0.29, 0.717) is 33.6 Å². The van der Waals surface area contributed by atoms with Gasteiger partial charge in [0.05, 0.1) is 25.4 Å². The largest absolute Gasteiger partial charge is 0.495 e. The van der Waals surface area contributed by atoms with Gasteiger partial charge in [-0.2, -0.15) is 0 Å². The van der Waals surface area contributed by atoms with E-state index in [1.54, 1.807) is 18.2 Å². The van der Waals surface area contributed by atoms with Crippen LogP contribution in [0.5, 0.6) is 0 Å². The molecule has 0 bridgehead atoms. The normalized spacial score (nSPS) is 15.1. The second kappa shape index (κ2) is 6.16. The summed E-state index contributed by atoms with van der Waals surface area (Å²) in [7, 11) is 2.85. The molecule has 0 heterocycles. The van der Waals surface area contributed by atoms with Crippen molar-refractivity contribution in [3.8, 4) is 0 Å². The SMILES string of the molecule is C=C1C(=O)/C(=C(/OC)c2ccccc2)c2ccc(C(=O)OC)cc21. The molecule has 0 aliphatic heterocycles. The number of carbonyl (C=O) groups excluding carboxylic acids is 2. The lowest BCUT2D eigenvalue weighted by atomic mass is 10.0. The summed E-state index contributed by atoms with van der Waals surface area (Å²) in [5.41, 5.74) is 3.32. The van der Waals surface area contributed by atoms with Gasteiger partial charge in [-0.1, -0.05) is 43.0 Å². The first kappa shape index (κ1) is 15.7. The predicted molar refractivity (Wildman–Crippen MR) is 92.1 cm³/mol. The number of benzene rings is 2. The highest BCUT2D eigenvalue weighted by Crippen LogP contribution is 2.41. The van der Waals surface area contributed by atoms with Gasteiger partial charge in [-0.25, -0.2) is 4.79 Å². The van der Waals surface area contributed by atoms with Gasteiger partial charge in [-0.3, -0.25) is 4.79 Å². The molecule has 3 rings (SSSR count). The molecule has 0 spiro atoms. The summed E-state index contributed by atoms with van der Waals surface area (Å²) in [6.07, 6.45) is 0. The lowest BCUT2D eigenvalue weighted by Gasteiger charge is -2.10. The summed E-state index contributed by atoms with van der Waals surface area (Å²) in [6.45, 7) is 3.87. The molecule has 2 aromatic carbocycles. The van der Waals surface area contributed by atoms with Crippen LogP contribution in [0.3, 0.4) is 0 Å². The summed E-state index contributed by atoms with van der Waals surface area (Å²) >= 11 is 0. The highest BCUT2D eigenvalue weighted by atomic mass is 16.5. The molecule has 0 radical (unpaired) electrons. The molecule has 24 heavy (non-hydrogen) atoms. The van der Waals surface area contributed by atoms with E-state index in [0.717, 1.165) is 5.56 Å². The van der Waals surface area contributed by atoms with Crippen LogP contribution in [-0.4, -0.2) is 26.0 Å². The minimum atomic E-state index is -0.453. The van der Waals surface area contributed by atoms with Crippen LogP contribution < -0.4 is 0 Å². The molecule has 1 aliphatic carbocycles. The topological polar surface area (TPSA) is 52.6 Å². The van der Waals surface area contributed by atoms with E-state index < -0.39 is 5.97 Å². The van der Waals surface area contributed by atoms with E-state index >= 15 is 0 Å². The predicted octanol–water partition coefficient (Wildman–Crippen LogP) is 3.58. The third-order valence-corrected chi connectivity index (χ3v) is 4.00. The quantitative estimate of drug-likeness (QED) is 0.493. The molecule has 0 aromatic heterocycles. The number of hydrogen-bond acceptors (Lipinski definition) is 4. The van der Waals surface area contributed by atoms with Crippen molar-refractivity contribution in [1.29, 1.82) is 0 Å². The Hall–Kier alpha value is -3.14. The standard InChI is InChI=1S/C20H16O4/c1-12-16-11-14(20(22)24-3)9-10-15(16)17(18(12)21)19(23-2)13-7-5-4-6-8-13/h4-11H,1H2,2-3H3/b19-17+. The number of Topliss-reactive ketones (excluding diaryl/α,β-unsaturated/α-hetero) is 1. The maximum Gasteiger partial charge on any atom is 0.337 e. The van der Waals surface area contributed by atoms with Gasteiger partial charge in [0.1, 0.15) is 5.76 Å². The van der Waals surface area contributed by atoms with E-state index in [1.807, 2.05) is 30.3 Å². The van der Waals surface area contributed by atoms with Crippen molar-refractivity contribution in [3.05, 3.63) is 77.4 Å². The molecule has 0 unspecified atom stereocenters. The number of ether oxygens (including phenoxy) is 2. The van der Waals surface area contributed by atoms with E-state index in [-0.39, 0.29) is 5.78 Å². The van der Waals surface area contributed by atoms with Gasteiger partial charge < -0.3 is 9.47 Å². The number of ketones is 1. The first-order chi connectivity index (χ1) is 11.6. The van der Waals surface area contributed by atoms with Crippen molar-refractivity contribution >= 4 is 28.7 Å². The molecule has 0 N–H and O–H groups in total. The first-order valence-corrected chi connectivity index (χ1v) is 7.39. The van der Waals surface area contributed by atoms with Gasteiger partial charge in [-0.05, 0) is 23.3 Å². The van der Waals surface area contributed by atoms with Crippen LogP contribution in [0, 0.1) is 0 Å². The summed E-state index contributed by atoms with van der Waals surface area (Å²) < 4.78 is 10.3. The molecule has 0 atom stereocenters. The third kappa shape index (κ3) is 2.42. The Morgan fingerprint density at radius 2 is 1.62 bits per heavy atom. The van der Waals surface area contributed by atoms with Gasteiger partial charge in [0, 0.05) is 11.1 Å². The fourth-order valence-corrected chi connectivity index (χ4v) is 2.83. The fraction of sp³-hybridized carbons (Fsp3) is 0.100. The molecule has 0 amide bonds. The van der Waals surface area contributed by atoms with Gasteiger partial charge in [0.2, 0.25) is 0 Å². The number of hydrogen-bond donors (Lipinski definition) is 0. The fourth-order valence-electron chi connectivity index (χ4n) is 2.83. The monoisotopic (exact) mass is 320 g/mol. The van der Waals surface area contributed by atoms with Gasteiger partial charge in [-0.15, -0.1) is 0 Å². The van der Waals surface area contributed by atoms with Crippen molar-refractivity contribution in [2.75, 3.05) is 14.2 Å². The smallest absolute Gasteiger partial charge is 0.337 e. The Labute approximate surface area is 140 Å². The first-order valence-electron chi connectivity index (χ1n) is 7.39. The van der Waals surface area contributed by atoms with Crippen LogP contribution in [-0.2, 0) is 14.3 Å². The van der Waals surface area contributed by atoms with Gasteiger partial charge in [0.25, 0.3) is 0 Å². The minimum absolute atomic E-state index is 0.201. The number of fused-ring (bicyclic) bond motifs is 1. The van der Waals surface area contributed by atoms with Crippen molar-refractivity contribution in [3.63, 3.8) is 0 Å². The lowest BCUT2D eigenvalue weighted by Crippen LogP contribution is -2.02. The zero-order valence-electron chi connectivity index (χ0n) is 13.5. The van der Waals surface area contributed by atoms with Crippen molar-refractivity contribution in [2.24, 2.45) is 0 Å². The Morgan fingerprint density at radius 3 is 2.25 bits per heavy atom. The van der Waals surface area contributed by atoms with E-state index in [4.69, 9.17) is 9.47 Å². The van der Waals surface area contributed by atoms with Crippen LogP contribution >= 0.6 is 0 Å². The molecule has 4 heteroatoms. The second-order valence-corrected chi connectivity index (χ2v) is 5.33. The lowest BCUT2D eigenvalue weighted by molar-refractivity contribution is -0.108. The molecule has 0 saturated carbocycles. The Balaban J connectivity index is 2.23. The van der Waals surface area contributed by atoms with Crippen LogP contribution in [0.15, 0.2) is 55.1 Å². The van der Waals surface area contributed by atoms with Crippen molar-refractivity contribution in [2.45, 2.75) is 0 Å². The highest BCUT2D eigenvalue weighted by Gasteiger charge is 2.33. The summed E-state index contributed by atoms with van der Waals surface area (Å²) in [6, 6.07) is 14.4. The molecular formula is C20H16O4. The van der Waals surface area contributed by atoms with Gasteiger partial charge >= 0.3 is 5.97 Å². The van der Waals surface area contributed by atoms with E-state index in [1.165, 1.54) is 14.2 Å². The number of carbonyl (C=O) groups is 2. The molecule has 0 saturated heterocycles. The number of methoxy groups -OCH3 is 2. The Morgan fingerprint density at radius 1 is 0.917 bits per heavy atom. The zero-order chi connectivity index (χ0) is 17.3. The average molecular weight is 320 g/mol. The minimum Gasteiger partial charge on any atom is -0.495 e. The average Bonchev–Trinajstić information content (AvgIpc) is 2.87. The zero-order valence-corrected chi connectivity index (χ0v) is 13.5. The second-order valence-electron chi connectivity index (χ2n) is 5.33. The maximum absolute atomic E-state index is 12.7. The van der Waals surface area contributed by atoms with Crippen molar-refractivity contribution < 1.29 is 19.1 Å². The maximum atomic E-state index is 12.7. The molecule has 1 aliphatic rings. The van der Waals surface area contributed by atoms with Crippen LogP contribution in [0.2, 0.25) is 0 Å². The van der Waals surface area contributed by atoms with Crippen molar-refractivity contribution in [1.82, 2.24) is 0 Å². The molecule has 4 nitrogen and oxygen atoms in total. The molecule has 2 aromatic rings. The van der Waals surface area contributed by atoms with Crippen LogP contribution in [0.1, 0.15) is 27.0 Å². The summed E-state index contributed by atoms with van der Waals surface area (Å²) in [5, 5.41) is 0. The summed E-state index contributed by atoms with van der Waals surface area (Å²) in [4.78, 5) is 24.5. The molecule has 120 valence electrons. The number of esters is 1. The van der Waals surface area contributed by atoms with Crippen LogP contribution in [0.4, 0.5) is 0 Å².